The zero-order chi connectivity index (χ0) is 33.4. The van der Waals surface area contributed by atoms with Gasteiger partial charge in [0.05, 0.1) is 0 Å². The molecular formula is C38H50N6O2. The molecule has 0 saturated carbocycles. The first-order chi connectivity index (χ1) is 22.2. The third kappa shape index (κ3) is 7.85. The van der Waals surface area contributed by atoms with Gasteiger partial charge in [0.2, 0.25) is 5.91 Å². The molecule has 0 bridgehead atoms. The molecule has 8 heteroatoms. The van der Waals surface area contributed by atoms with E-state index in [2.05, 4.69) is 83.7 Å². The number of aryl methyl sites for hydroxylation is 2. The summed E-state index contributed by atoms with van der Waals surface area (Å²) in [5.74, 6) is 0.540. The van der Waals surface area contributed by atoms with Crippen LogP contribution in [0.2, 0.25) is 0 Å². The Hall–Kier alpha value is -4.43. The maximum absolute atomic E-state index is 14.0. The number of amides is 2. The number of carbonyl (C=O) groups is 2. The number of hydrogen-bond acceptors (Lipinski definition) is 5. The van der Waals surface area contributed by atoms with Crippen LogP contribution in [0, 0.1) is 6.92 Å². The number of hydrogen-bond donors (Lipinski definition) is 2. The molecule has 1 aliphatic heterocycles. The molecule has 5 rings (SSSR count). The molecule has 1 aliphatic rings. The van der Waals surface area contributed by atoms with Crippen molar-refractivity contribution in [1.29, 1.82) is 0 Å². The second-order valence-electron chi connectivity index (χ2n) is 12.0. The van der Waals surface area contributed by atoms with Gasteiger partial charge >= 0.3 is 0 Å². The zero-order valence-electron chi connectivity index (χ0n) is 28.6. The molecule has 2 amide bonds. The molecule has 46 heavy (non-hydrogen) atoms. The Morgan fingerprint density at radius 3 is 2.39 bits per heavy atom. The van der Waals surface area contributed by atoms with Gasteiger partial charge in [0.25, 0.3) is 5.91 Å². The minimum Gasteiger partial charge on any atom is -0.354 e. The van der Waals surface area contributed by atoms with Gasteiger partial charge < -0.3 is 25.0 Å². The molecule has 4 aromatic rings. The third-order valence-electron chi connectivity index (χ3n) is 8.42. The maximum Gasteiger partial charge on any atom is 0.252 e. The normalized spacial score (nSPS) is 13.3. The minimum atomic E-state index is -0.276. The molecule has 2 aromatic carbocycles. The smallest absolute Gasteiger partial charge is 0.252 e. The van der Waals surface area contributed by atoms with Crippen LogP contribution in [-0.4, -0.2) is 59.5 Å². The number of benzene rings is 2. The van der Waals surface area contributed by atoms with E-state index >= 15 is 0 Å². The summed E-state index contributed by atoms with van der Waals surface area (Å²) in [4.78, 5) is 35.7. The zero-order valence-corrected chi connectivity index (χ0v) is 28.6. The Bertz CT molecular complexity index is 1660. The Morgan fingerprint density at radius 1 is 1.02 bits per heavy atom. The second-order valence-corrected chi connectivity index (χ2v) is 12.0. The van der Waals surface area contributed by atoms with Crippen molar-refractivity contribution in [1.82, 2.24) is 19.8 Å². The molecule has 0 spiro atoms. The lowest BCUT2D eigenvalue weighted by Crippen LogP contribution is -2.44. The fraction of sp³-hybridized carbons (Fsp3) is 0.395. The van der Waals surface area contributed by atoms with Crippen LogP contribution >= 0.6 is 0 Å². The average molecular weight is 623 g/mol. The van der Waals surface area contributed by atoms with Gasteiger partial charge in [-0.25, -0.2) is 4.98 Å². The van der Waals surface area contributed by atoms with E-state index < -0.39 is 0 Å². The molecular weight excluding hydrogens is 572 g/mol. The highest BCUT2D eigenvalue weighted by Gasteiger charge is 2.19. The maximum atomic E-state index is 14.0. The van der Waals surface area contributed by atoms with Crippen molar-refractivity contribution in [2.75, 3.05) is 43.4 Å². The number of aromatic nitrogens is 2. The molecule has 8 nitrogen and oxygen atoms in total. The van der Waals surface area contributed by atoms with E-state index in [9.17, 15) is 9.59 Å². The van der Waals surface area contributed by atoms with Gasteiger partial charge in [-0.3, -0.25) is 9.59 Å². The van der Waals surface area contributed by atoms with Crippen LogP contribution in [0.3, 0.4) is 0 Å². The van der Waals surface area contributed by atoms with Crippen LogP contribution < -0.4 is 15.5 Å². The lowest BCUT2D eigenvalue weighted by atomic mass is 9.97. The summed E-state index contributed by atoms with van der Waals surface area (Å²) in [6.45, 7) is 20.3. The summed E-state index contributed by atoms with van der Waals surface area (Å²) >= 11 is 0. The summed E-state index contributed by atoms with van der Waals surface area (Å²) in [6.07, 6.45) is 7.02. The number of piperazine rings is 1. The van der Waals surface area contributed by atoms with Crippen LogP contribution in [-0.2, 0) is 17.8 Å². The number of nitrogens with one attached hydrogen (secondary N) is 2. The first kappa shape index (κ1) is 34.4. The largest absolute Gasteiger partial charge is 0.354 e. The summed E-state index contributed by atoms with van der Waals surface area (Å²) in [5, 5.41) is 7.03. The minimum absolute atomic E-state index is 0.163. The van der Waals surface area contributed by atoms with Crippen molar-refractivity contribution in [3.05, 3.63) is 89.8 Å². The monoisotopic (exact) mass is 622 g/mol. The molecule has 1 fully saturated rings. The number of fused-ring (bicyclic) bond motifs is 1. The summed E-state index contributed by atoms with van der Waals surface area (Å²) in [5.41, 5.74) is 7.32. The van der Waals surface area contributed by atoms with Crippen LogP contribution in [0.4, 0.5) is 11.5 Å². The Labute approximate surface area is 274 Å². The molecule has 0 unspecified atom stereocenters. The van der Waals surface area contributed by atoms with Gasteiger partial charge in [-0.15, -0.1) is 0 Å². The fourth-order valence-corrected chi connectivity index (χ4v) is 6.00. The van der Waals surface area contributed by atoms with E-state index in [1.165, 1.54) is 6.08 Å². The molecule has 3 heterocycles. The van der Waals surface area contributed by atoms with Crippen molar-refractivity contribution in [3.8, 4) is 11.1 Å². The fourth-order valence-electron chi connectivity index (χ4n) is 6.00. The average Bonchev–Trinajstić information content (AvgIpc) is 3.50. The van der Waals surface area contributed by atoms with Crippen LogP contribution in [0.1, 0.15) is 74.1 Å². The number of likely N-dealkylation sites (N-methyl/N-ethyl adjacent to an activating group) is 1. The quantitative estimate of drug-likeness (QED) is 0.180. The third-order valence-corrected chi connectivity index (χ3v) is 8.42. The number of anilines is 2. The molecule has 2 N–H and O–H groups in total. The Morgan fingerprint density at radius 2 is 1.76 bits per heavy atom. The molecule has 2 aromatic heterocycles. The molecule has 244 valence electrons. The van der Waals surface area contributed by atoms with Crippen LogP contribution in [0.25, 0.3) is 22.0 Å². The lowest BCUT2D eigenvalue weighted by Gasteiger charge is -2.33. The first-order valence-corrected chi connectivity index (χ1v) is 16.6. The standard InChI is InChI=1S/C36H44N6O2.C2H6/c1-7-9-26-18-25(5)19-32(39-35(43)8-2)31(26)23-38-36(44)30-20-28(21-33-29(30)12-13-42(33)24(3)4)27-10-11-34(37-22-27)41-16-14-40(6)15-17-41;1-2/h8,10-13,18-22,24H,2,7,9,14-17,23H2,1,3-6H3,(H,38,44)(H,39,43);1-2H3. The van der Waals surface area contributed by atoms with Gasteiger partial charge in [-0.2, -0.15) is 0 Å². The first-order valence-electron chi connectivity index (χ1n) is 16.6. The Balaban J connectivity index is 0.00000235. The highest BCUT2D eigenvalue weighted by atomic mass is 16.2. The highest BCUT2D eigenvalue weighted by Crippen LogP contribution is 2.31. The van der Waals surface area contributed by atoms with Gasteiger partial charge in [-0.05, 0) is 99.0 Å². The summed E-state index contributed by atoms with van der Waals surface area (Å²) in [7, 11) is 2.15. The number of carbonyl (C=O) groups excluding carboxylic acids is 2. The SMILES string of the molecule is C=CC(=O)Nc1cc(C)cc(CCC)c1CNC(=O)c1cc(-c2ccc(N3CCN(C)CC3)nc2)cc2c1ccn2C(C)C.CC. The predicted molar refractivity (Wildman–Crippen MR) is 192 cm³/mol. The van der Waals surface area contributed by atoms with E-state index in [0.717, 1.165) is 83.6 Å². The van der Waals surface area contributed by atoms with Crippen molar-refractivity contribution in [2.45, 2.75) is 67.0 Å². The lowest BCUT2D eigenvalue weighted by molar-refractivity contribution is -0.111. The van der Waals surface area contributed by atoms with Crippen molar-refractivity contribution in [2.24, 2.45) is 0 Å². The van der Waals surface area contributed by atoms with E-state index in [0.29, 0.717) is 17.8 Å². The molecule has 1 saturated heterocycles. The summed E-state index contributed by atoms with van der Waals surface area (Å²) in [6, 6.07) is 14.6. The molecule has 0 atom stereocenters. The Kier molecular flexibility index (Phi) is 11.8. The summed E-state index contributed by atoms with van der Waals surface area (Å²) < 4.78 is 2.20. The van der Waals surface area contributed by atoms with Crippen LogP contribution in [0.5, 0.6) is 0 Å². The van der Waals surface area contributed by atoms with Crippen molar-refractivity contribution in [3.63, 3.8) is 0 Å². The van der Waals surface area contributed by atoms with Gasteiger partial charge in [-0.1, -0.05) is 39.8 Å². The van der Waals surface area contributed by atoms with Gasteiger partial charge in [0, 0.05) is 78.9 Å². The second kappa shape index (κ2) is 15.7. The topological polar surface area (TPSA) is 82.5 Å². The predicted octanol–water partition coefficient (Wildman–Crippen LogP) is 7.38. The van der Waals surface area contributed by atoms with E-state index in [1.54, 1.807) is 0 Å². The highest BCUT2D eigenvalue weighted by molar-refractivity contribution is 6.08. The van der Waals surface area contributed by atoms with E-state index in [4.69, 9.17) is 4.98 Å². The van der Waals surface area contributed by atoms with Crippen molar-refractivity contribution >= 4 is 34.2 Å². The number of rotatable bonds is 10. The number of pyridine rings is 1. The van der Waals surface area contributed by atoms with E-state index in [-0.39, 0.29) is 17.9 Å². The van der Waals surface area contributed by atoms with E-state index in [1.807, 2.05) is 51.4 Å². The van der Waals surface area contributed by atoms with Crippen molar-refractivity contribution < 1.29 is 9.59 Å². The van der Waals surface area contributed by atoms with Gasteiger partial charge in [0.15, 0.2) is 0 Å². The molecule has 0 aliphatic carbocycles. The van der Waals surface area contributed by atoms with Gasteiger partial charge in [0.1, 0.15) is 5.82 Å². The van der Waals surface area contributed by atoms with Crippen LogP contribution in [0.15, 0.2) is 67.5 Å². The molecule has 0 radical (unpaired) electrons. The number of nitrogens with zero attached hydrogens (tertiary/aromatic N) is 4.